The van der Waals surface area contributed by atoms with Gasteiger partial charge in [-0.05, 0) is 31.5 Å². The van der Waals surface area contributed by atoms with E-state index < -0.39 is 34.7 Å². The minimum absolute atomic E-state index is 0.209. The van der Waals surface area contributed by atoms with Gasteiger partial charge in [-0.1, -0.05) is 48.5 Å². The van der Waals surface area contributed by atoms with Crippen molar-refractivity contribution in [2.75, 3.05) is 19.0 Å². The zero-order valence-electron chi connectivity index (χ0n) is 20.2. The summed E-state index contributed by atoms with van der Waals surface area (Å²) in [6.07, 6.45) is 0. The number of hydrogen-bond donors (Lipinski definition) is 4. The monoisotopic (exact) mass is 514 g/mol. The molecule has 4 atom stereocenters. The van der Waals surface area contributed by atoms with Gasteiger partial charge in [-0.2, -0.15) is 0 Å². The van der Waals surface area contributed by atoms with Crippen LogP contribution in [0.25, 0.3) is 0 Å². The van der Waals surface area contributed by atoms with E-state index in [1.807, 2.05) is 36.4 Å². The molecule has 2 aliphatic heterocycles. The van der Waals surface area contributed by atoms with E-state index in [0.717, 1.165) is 5.69 Å². The largest absolute Gasteiger partial charge is 0.480 e. The molecule has 10 nitrogen and oxygen atoms in total. The standard InChI is InChI=1S/C16H19N3O4S.C9H11NO2/c1-16(2)11(15(22)23)19-13(21)10(14(19)24-16)18-12(20)9(17)8-6-4-3-5-7-8;1-12-9(11)7-10-8-5-3-2-4-6-8/h3-7,9-11,14H,17H2,1-2H3,(H,18,20)(H,22,23);2-6,10H,7H2,1H3/t9-,10-,11+,14-;/m1./s1. The van der Waals surface area contributed by atoms with Crippen molar-refractivity contribution < 1.29 is 29.0 Å². The van der Waals surface area contributed by atoms with Gasteiger partial charge in [0.25, 0.3) is 0 Å². The number of thioether (sulfide) groups is 1. The van der Waals surface area contributed by atoms with Gasteiger partial charge in [0, 0.05) is 10.4 Å². The van der Waals surface area contributed by atoms with Crippen molar-refractivity contribution in [2.24, 2.45) is 5.73 Å². The number of carbonyl (C=O) groups is 4. The van der Waals surface area contributed by atoms with Crippen molar-refractivity contribution >= 4 is 41.2 Å². The highest BCUT2D eigenvalue weighted by Gasteiger charge is 2.64. The molecule has 36 heavy (non-hydrogen) atoms. The smallest absolute Gasteiger partial charge is 0.327 e. The van der Waals surface area contributed by atoms with Gasteiger partial charge < -0.3 is 31.1 Å². The third kappa shape index (κ3) is 5.97. The molecule has 0 unspecified atom stereocenters. The molecule has 0 radical (unpaired) electrons. The van der Waals surface area contributed by atoms with Crippen molar-refractivity contribution in [1.82, 2.24) is 10.2 Å². The minimum atomic E-state index is -1.03. The van der Waals surface area contributed by atoms with Crippen LogP contribution < -0.4 is 16.4 Å². The Labute approximate surface area is 213 Å². The van der Waals surface area contributed by atoms with Crippen molar-refractivity contribution in [1.29, 1.82) is 0 Å². The molecule has 192 valence electrons. The van der Waals surface area contributed by atoms with Crippen LogP contribution in [0.15, 0.2) is 60.7 Å². The Balaban J connectivity index is 0.000000253. The number of anilines is 1. The first-order chi connectivity index (χ1) is 17.1. The molecule has 2 amide bonds. The third-order valence-corrected chi connectivity index (χ3v) is 7.42. The average Bonchev–Trinajstić information content (AvgIpc) is 3.14. The summed E-state index contributed by atoms with van der Waals surface area (Å²) >= 11 is 1.38. The highest BCUT2D eigenvalue weighted by molar-refractivity contribution is 8.01. The van der Waals surface area contributed by atoms with Crippen LogP contribution in [-0.2, 0) is 23.9 Å². The SMILES string of the molecule is CC1(C)S[C@@H]2[C@H](NC(=O)[C@H](N)c3ccccc3)C(=O)N2[C@H]1C(=O)O.COC(=O)CNc1ccccc1. The van der Waals surface area contributed by atoms with Gasteiger partial charge in [-0.25, -0.2) is 4.79 Å². The predicted molar refractivity (Wildman–Crippen MR) is 136 cm³/mol. The summed E-state index contributed by atoms with van der Waals surface area (Å²) in [5, 5.41) is 14.6. The Bertz CT molecular complexity index is 1100. The lowest BCUT2D eigenvalue weighted by Crippen LogP contribution is -2.71. The van der Waals surface area contributed by atoms with Crippen LogP contribution >= 0.6 is 11.8 Å². The van der Waals surface area contributed by atoms with Crippen molar-refractivity contribution in [3.8, 4) is 0 Å². The summed E-state index contributed by atoms with van der Waals surface area (Å²) in [6, 6.07) is 15.9. The molecule has 2 saturated heterocycles. The highest BCUT2D eigenvalue weighted by atomic mass is 32.2. The summed E-state index contributed by atoms with van der Waals surface area (Å²) in [5.41, 5.74) is 7.51. The fraction of sp³-hybridized carbons (Fsp3) is 0.360. The molecule has 2 fully saturated rings. The van der Waals surface area contributed by atoms with Crippen LogP contribution in [0.5, 0.6) is 0 Å². The lowest BCUT2D eigenvalue weighted by molar-refractivity contribution is -0.161. The highest BCUT2D eigenvalue weighted by Crippen LogP contribution is 2.50. The topological polar surface area (TPSA) is 151 Å². The van der Waals surface area contributed by atoms with Crippen LogP contribution in [0.4, 0.5) is 5.69 Å². The zero-order valence-corrected chi connectivity index (χ0v) is 21.0. The Morgan fingerprint density at radius 2 is 1.69 bits per heavy atom. The van der Waals surface area contributed by atoms with Gasteiger partial charge in [0.1, 0.15) is 30.0 Å². The van der Waals surface area contributed by atoms with E-state index in [2.05, 4.69) is 15.4 Å². The summed E-state index contributed by atoms with van der Waals surface area (Å²) in [6.45, 7) is 3.79. The number of nitrogens with zero attached hydrogens (tertiary/aromatic N) is 1. The normalized spacial score (nSPS) is 22.2. The van der Waals surface area contributed by atoms with Crippen LogP contribution in [0.1, 0.15) is 25.5 Å². The molecule has 2 heterocycles. The molecule has 0 saturated carbocycles. The number of nitrogens with two attached hydrogens (primary N) is 1. The summed E-state index contributed by atoms with van der Waals surface area (Å²) in [7, 11) is 1.37. The quantitative estimate of drug-likeness (QED) is 0.319. The van der Waals surface area contributed by atoms with Crippen molar-refractivity contribution in [2.45, 2.75) is 42.1 Å². The minimum Gasteiger partial charge on any atom is -0.480 e. The zero-order chi connectivity index (χ0) is 26.5. The molecular weight excluding hydrogens is 484 g/mol. The number of amides is 2. The van der Waals surface area contributed by atoms with E-state index in [0.29, 0.717) is 5.56 Å². The molecule has 2 aliphatic rings. The summed E-state index contributed by atoms with van der Waals surface area (Å²) < 4.78 is 3.85. The number of carbonyl (C=O) groups excluding carboxylic acids is 3. The third-order valence-electron chi connectivity index (χ3n) is 5.85. The van der Waals surface area contributed by atoms with Crippen LogP contribution in [0.3, 0.4) is 0 Å². The van der Waals surface area contributed by atoms with Crippen LogP contribution in [-0.4, -0.2) is 69.6 Å². The van der Waals surface area contributed by atoms with Gasteiger partial charge in [0.05, 0.1) is 7.11 Å². The molecule has 2 aromatic rings. The number of esters is 1. The number of carboxylic acids is 1. The number of methoxy groups -OCH3 is 1. The second-order valence-corrected chi connectivity index (χ2v) is 10.5. The molecule has 0 aliphatic carbocycles. The number of carboxylic acid groups (broad SMARTS) is 1. The summed E-state index contributed by atoms with van der Waals surface area (Å²) in [5.74, 6) is -2.12. The first kappa shape index (κ1) is 27.0. The first-order valence-electron chi connectivity index (χ1n) is 11.3. The molecule has 11 heteroatoms. The second kappa shape index (κ2) is 11.4. The van der Waals surface area contributed by atoms with E-state index in [1.165, 1.54) is 23.8 Å². The van der Waals surface area contributed by atoms with E-state index in [-0.39, 0.29) is 23.8 Å². The summed E-state index contributed by atoms with van der Waals surface area (Å²) in [4.78, 5) is 48.2. The Kier molecular flexibility index (Phi) is 8.59. The first-order valence-corrected chi connectivity index (χ1v) is 12.1. The number of rotatable bonds is 7. The number of para-hydroxylation sites is 1. The van der Waals surface area contributed by atoms with E-state index in [4.69, 9.17) is 5.73 Å². The fourth-order valence-corrected chi connectivity index (χ4v) is 5.63. The van der Waals surface area contributed by atoms with Crippen molar-refractivity contribution in [3.63, 3.8) is 0 Å². The van der Waals surface area contributed by atoms with Crippen LogP contribution in [0, 0.1) is 0 Å². The molecule has 2 aromatic carbocycles. The van der Waals surface area contributed by atoms with Gasteiger partial charge >= 0.3 is 11.9 Å². The number of fused-ring (bicyclic) bond motifs is 1. The molecule has 4 rings (SSSR count). The van der Waals surface area contributed by atoms with Gasteiger partial charge in [-0.3, -0.25) is 14.4 Å². The molecule has 0 spiro atoms. The second-order valence-electron chi connectivity index (χ2n) is 8.77. The number of β-lactam (4-membered cyclic amide) rings is 1. The number of aliphatic carboxylic acids is 1. The molecule has 0 aromatic heterocycles. The maximum Gasteiger partial charge on any atom is 0.327 e. The number of nitrogens with one attached hydrogen (secondary N) is 2. The maximum atomic E-state index is 12.3. The van der Waals surface area contributed by atoms with Gasteiger partial charge in [0.2, 0.25) is 11.8 Å². The lowest BCUT2D eigenvalue weighted by atomic mass is 9.95. The number of benzene rings is 2. The average molecular weight is 515 g/mol. The maximum absolute atomic E-state index is 12.3. The Morgan fingerprint density at radius 3 is 2.25 bits per heavy atom. The van der Waals surface area contributed by atoms with Crippen molar-refractivity contribution in [3.05, 3.63) is 66.2 Å². The molecule has 0 bridgehead atoms. The lowest BCUT2D eigenvalue weighted by Gasteiger charge is -2.43. The van der Waals surface area contributed by atoms with E-state index in [9.17, 15) is 24.3 Å². The van der Waals surface area contributed by atoms with Gasteiger partial charge in [0.15, 0.2) is 0 Å². The van der Waals surface area contributed by atoms with Gasteiger partial charge in [-0.15, -0.1) is 11.8 Å². The molecule has 5 N–H and O–H groups in total. The number of ether oxygens (including phenoxy) is 1. The van der Waals surface area contributed by atoms with E-state index in [1.54, 1.807) is 38.1 Å². The molecular formula is C25H30N4O6S. The Morgan fingerprint density at radius 1 is 1.11 bits per heavy atom. The van der Waals surface area contributed by atoms with Crippen LogP contribution in [0.2, 0.25) is 0 Å². The predicted octanol–water partition coefficient (Wildman–Crippen LogP) is 1.59. The fourth-order valence-electron chi connectivity index (χ4n) is 4.00. The van der Waals surface area contributed by atoms with E-state index >= 15 is 0 Å². The Hall–Kier alpha value is -3.57. The number of hydrogen-bond acceptors (Lipinski definition) is 8.